The molecule has 0 unspecified atom stereocenters. The van der Waals surface area contributed by atoms with Gasteiger partial charge in [-0.15, -0.1) is 0 Å². The van der Waals surface area contributed by atoms with Crippen LogP contribution in [0.15, 0.2) is 24.3 Å². The van der Waals surface area contributed by atoms with Gasteiger partial charge in [-0.25, -0.2) is 0 Å². The fourth-order valence-electron chi connectivity index (χ4n) is 1.96. The first-order valence-corrected chi connectivity index (χ1v) is 6.98. The van der Waals surface area contributed by atoms with Crippen molar-refractivity contribution < 1.29 is 4.79 Å². The van der Waals surface area contributed by atoms with Crippen LogP contribution in [-0.4, -0.2) is 11.3 Å². The molecule has 2 nitrogen and oxygen atoms in total. The fourth-order valence-corrected chi connectivity index (χ4v) is 1.96. The summed E-state index contributed by atoms with van der Waals surface area (Å²) in [5, 5.41) is 0. The normalized spacial score (nSPS) is 12.8. The summed E-state index contributed by atoms with van der Waals surface area (Å²) in [6, 6.07) is 7.94. The maximum atomic E-state index is 12.7. The van der Waals surface area contributed by atoms with Crippen LogP contribution < -0.4 is 5.73 Å². The molecule has 1 aromatic carbocycles. The van der Waals surface area contributed by atoms with Gasteiger partial charge < -0.3 is 5.73 Å². The summed E-state index contributed by atoms with van der Waals surface area (Å²) in [4.78, 5) is 12.7. The van der Waals surface area contributed by atoms with Gasteiger partial charge in [0, 0.05) is 16.5 Å². The number of Topliss-reactive ketones (excluding diaryl/α,β-unsaturated/α-hetero) is 1. The molecule has 0 spiro atoms. The van der Waals surface area contributed by atoms with Gasteiger partial charge in [-0.3, -0.25) is 4.79 Å². The average Bonchev–Trinajstić information content (AvgIpc) is 2.25. The molecule has 0 aliphatic heterocycles. The van der Waals surface area contributed by atoms with Crippen LogP contribution in [0.25, 0.3) is 0 Å². The summed E-state index contributed by atoms with van der Waals surface area (Å²) in [5.74, 6) is 0.704. The van der Waals surface area contributed by atoms with E-state index in [1.165, 1.54) is 5.56 Å². The number of hydrogen-bond donors (Lipinski definition) is 1. The molecule has 1 rings (SSSR count). The smallest absolute Gasteiger partial charge is 0.170 e. The summed E-state index contributed by atoms with van der Waals surface area (Å²) < 4.78 is 0. The Bertz CT molecular complexity index is 453. The van der Waals surface area contributed by atoms with Crippen LogP contribution in [0.3, 0.4) is 0 Å². The van der Waals surface area contributed by atoms with E-state index >= 15 is 0 Å². The number of carbonyl (C=O) groups is 1. The highest BCUT2D eigenvalue weighted by Crippen LogP contribution is 2.32. The maximum absolute atomic E-state index is 12.7. The second-order valence-corrected chi connectivity index (χ2v) is 6.97. The molecule has 0 heterocycles. The largest absolute Gasteiger partial charge is 0.325 e. The summed E-state index contributed by atoms with van der Waals surface area (Å²) in [7, 11) is 0. The Labute approximate surface area is 117 Å². The highest BCUT2D eigenvalue weighted by atomic mass is 16.1. The zero-order valence-electron chi connectivity index (χ0n) is 13.1. The zero-order valence-corrected chi connectivity index (χ0v) is 13.1. The van der Waals surface area contributed by atoms with Gasteiger partial charge in [-0.1, -0.05) is 45.9 Å². The van der Waals surface area contributed by atoms with Crippen molar-refractivity contribution in [2.24, 2.45) is 17.1 Å². The summed E-state index contributed by atoms with van der Waals surface area (Å²) >= 11 is 0. The van der Waals surface area contributed by atoms with Crippen molar-refractivity contribution in [2.45, 2.75) is 53.5 Å². The Morgan fingerprint density at radius 2 is 1.79 bits per heavy atom. The van der Waals surface area contributed by atoms with E-state index in [1.807, 2.05) is 45.9 Å². The molecular weight excluding hydrogens is 234 g/mol. The number of rotatable bonds is 5. The highest BCUT2D eigenvalue weighted by Gasteiger charge is 2.40. The molecule has 0 bridgehead atoms. The second-order valence-electron chi connectivity index (χ2n) is 6.97. The lowest BCUT2D eigenvalue weighted by molar-refractivity contribution is 0.0735. The van der Waals surface area contributed by atoms with Gasteiger partial charge in [0.05, 0.1) is 0 Å². The van der Waals surface area contributed by atoms with Gasteiger partial charge >= 0.3 is 0 Å². The number of ketones is 1. The number of carbonyl (C=O) groups excluding carboxylic acids is 1. The van der Waals surface area contributed by atoms with Gasteiger partial charge in [0.25, 0.3) is 0 Å². The van der Waals surface area contributed by atoms with Crippen LogP contribution in [0, 0.1) is 11.3 Å². The lowest BCUT2D eigenvalue weighted by Gasteiger charge is -2.37. The van der Waals surface area contributed by atoms with E-state index in [-0.39, 0.29) is 5.78 Å². The molecule has 19 heavy (non-hydrogen) atoms. The Kier molecular flexibility index (Phi) is 4.57. The minimum absolute atomic E-state index is 0.116. The Balaban J connectivity index is 3.07. The van der Waals surface area contributed by atoms with Crippen LogP contribution in [0.5, 0.6) is 0 Å². The molecule has 0 fully saturated rings. The summed E-state index contributed by atoms with van der Waals surface area (Å²) in [6.07, 6.45) is 0.994. The van der Waals surface area contributed by atoms with Crippen molar-refractivity contribution in [3.63, 3.8) is 0 Å². The molecule has 2 N–H and O–H groups in total. The average molecular weight is 261 g/mol. The standard InChI is InChI=1S/C17H27NO/c1-12(2)10-13-8-7-9-14(11-13)15(19)16(3,4)17(5,6)18/h7-9,11-12H,10,18H2,1-6H3. The van der Waals surface area contributed by atoms with Crippen LogP contribution in [0.2, 0.25) is 0 Å². The van der Waals surface area contributed by atoms with Crippen LogP contribution in [-0.2, 0) is 6.42 Å². The summed E-state index contributed by atoms with van der Waals surface area (Å²) in [5.41, 5.74) is 7.01. The van der Waals surface area contributed by atoms with E-state index < -0.39 is 11.0 Å². The number of hydrogen-bond acceptors (Lipinski definition) is 2. The van der Waals surface area contributed by atoms with Crippen molar-refractivity contribution in [1.29, 1.82) is 0 Å². The maximum Gasteiger partial charge on any atom is 0.170 e. The third-order valence-corrected chi connectivity index (χ3v) is 4.01. The minimum Gasteiger partial charge on any atom is -0.325 e. The van der Waals surface area contributed by atoms with Crippen LogP contribution >= 0.6 is 0 Å². The zero-order chi connectivity index (χ0) is 14.8. The van der Waals surface area contributed by atoms with E-state index in [9.17, 15) is 4.79 Å². The van der Waals surface area contributed by atoms with Crippen molar-refractivity contribution in [1.82, 2.24) is 0 Å². The molecule has 0 saturated carbocycles. The van der Waals surface area contributed by atoms with Gasteiger partial charge in [0.15, 0.2) is 5.78 Å². The Hall–Kier alpha value is -1.15. The topological polar surface area (TPSA) is 43.1 Å². The number of nitrogens with two attached hydrogens (primary N) is 1. The van der Waals surface area contributed by atoms with E-state index in [1.54, 1.807) is 0 Å². The van der Waals surface area contributed by atoms with Crippen LogP contribution in [0.1, 0.15) is 57.5 Å². The first-order chi connectivity index (χ1) is 8.55. The summed E-state index contributed by atoms with van der Waals surface area (Å²) in [6.45, 7) is 12.0. The lowest BCUT2D eigenvalue weighted by atomic mass is 9.70. The third-order valence-electron chi connectivity index (χ3n) is 4.01. The molecule has 0 aromatic heterocycles. The van der Waals surface area contributed by atoms with E-state index in [4.69, 9.17) is 5.73 Å². The Morgan fingerprint density at radius 3 is 2.26 bits per heavy atom. The van der Waals surface area contributed by atoms with Crippen LogP contribution in [0.4, 0.5) is 0 Å². The monoisotopic (exact) mass is 261 g/mol. The number of benzene rings is 1. The molecule has 1 aromatic rings. The van der Waals surface area contributed by atoms with E-state index in [0.29, 0.717) is 5.92 Å². The first-order valence-electron chi connectivity index (χ1n) is 6.98. The molecule has 106 valence electrons. The SMILES string of the molecule is CC(C)Cc1cccc(C(=O)C(C)(C)C(C)(C)N)c1. The fraction of sp³-hybridized carbons (Fsp3) is 0.588. The predicted octanol–water partition coefficient (Wildman–Crippen LogP) is 3.83. The molecule has 0 amide bonds. The Morgan fingerprint density at radius 1 is 1.21 bits per heavy atom. The molecule has 2 heteroatoms. The second kappa shape index (κ2) is 5.46. The molecule has 0 aliphatic carbocycles. The van der Waals surface area contributed by atoms with Gasteiger partial charge in [-0.2, -0.15) is 0 Å². The van der Waals surface area contributed by atoms with Crippen molar-refractivity contribution in [3.8, 4) is 0 Å². The molecule has 0 atom stereocenters. The lowest BCUT2D eigenvalue weighted by Crippen LogP contribution is -2.51. The van der Waals surface area contributed by atoms with Gasteiger partial charge in [-0.05, 0) is 37.8 Å². The molecular formula is C17H27NO. The molecule has 0 radical (unpaired) electrons. The van der Waals surface area contributed by atoms with Crippen molar-refractivity contribution >= 4 is 5.78 Å². The quantitative estimate of drug-likeness (QED) is 0.819. The highest BCUT2D eigenvalue weighted by molar-refractivity contribution is 6.01. The predicted molar refractivity (Wildman–Crippen MR) is 81.4 cm³/mol. The minimum atomic E-state index is -0.580. The van der Waals surface area contributed by atoms with Crippen molar-refractivity contribution in [3.05, 3.63) is 35.4 Å². The van der Waals surface area contributed by atoms with Crippen molar-refractivity contribution in [2.75, 3.05) is 0 Å². The third kappa shape index (κ3) is 3.66. The van der Waals surface area contributed by atoms with Gasteiger partial charge in [0.1, 0.15) is 0 Å². The molecule has 0 saturated heterocycles. The van der Waals surface area contributed by atoms with E-state index in [0.717, 1.165) is 12.0 Å². The first kappa shape index (κ1) is 15.9. The van der Waals surface area contributed by atoms with Gasteiger partial charge in [0.2, 0.25) is 0 Å². The van der Waals surface area contributed by atoms with E-state index in [2.05, 4.69) is 19.9 Å². The molecule has 0 aliphatic rings.